The molecule has 1 aliphatic rings. The van der Waals surface area contributed by atoms with Gasteiger partial charge in [-0.3, -0.25) is 0 Å². The highest BCUT2D eigenvalue weighted by Gasteiger charge is 2.06. The lowest BCUT2D eigenvalue weighted by atomic mass is 10.3. The molecular weight excluding hydrogens is 188 g/mol. The van der Waals surface area contributed by atoms with E-state index in [1.54, 1.807) is 0 Å². The smallest absolute Gasteiger partial charge is 0.161 e. The lowest BCUT2D eigenvalue weighted by Crippen LogP contribution is -1.97. The summed E-state index contributed by atoms with van der Waals surface area (Å²) in [7, 11) is 0. The summed E-state index contributed by atoms with van der Waals surface area (Å²) in [6.45, 7) is 9.52. The normalized spacial score (nSPS) is 12.3. The third-order valence-electron chi connectivity index (χ3n) is 1.65. The van der Waals surface area contributed by atoms with Crippen LogP contribution in [0.5, 0.6) is 11.5 Å². The maximum atomic E-state index is 5.42. The van der Waals surface area contributed by atoms with Crippen molar-refractivity contribution in [2.45, 2.75) is 34.1 Å². The zero-order chi connectivity index (χ0) is 11.5. The third kappa shape index (κ3) is 4.73. The fourth-order valence-electron chi connectivity index (χ4n) is 1.11. The summed E-state index contributed by atoms with van der Waals surface area (Å²) >= 11 is 0. The molecule has 0 aliphatic carbocycles. The van der Waals surface area contributed by atoms with E-state index >= 15 is 0 Å². The van der Waals surface area contributed by atoms with E-state index in [9.17, 15) is 0 Å². The predicted molar refractivity (Wildman–Crippen MR) is 64.7 cm³/mol. The maximum Gasteiger partial charge on any atom is 0.161 e. The first-order valence-electron chi connectivity index (χ1n) is 5.81. The largest absolute Gasteiger partial charge is 0.490 e. The van der Waals surface area contributed by atoms with Gasteiger partial charge >= 0.3 is 0 Å². The molecule has 15 heavy (non-hydrogen) atoms. The van der Waals surface area contributed by atoms with Crippen molar-refractivity contribution in [1.82, 2.24) is 0 Å². The van der Waals surface area contributed by atoms with Crippen LogP contribution in [-0.2, 0) is 0 Å². The Bertz CT molecular complexity index is 221. The molecule has 0 N–H and O–H groups in total. The molecule has 0 atom stereocenters. The SMILES string of the molecule is CC.CC.c1ccc2c(c1)OCCCO2. The average molecular weight is 210 g/mol. The van der Waals surface area contributed by atoms with Crippen molar-refractivity contribution in [2.24, 2.45) is 0 Å². The van der Waals surface area contributed by atoms with Gasteiger partial charge in [0.05, 0.1) is 13.2 Å². The molecule has 0 saturated carbocycles. The van der Waals surface area contributed by atoms with Crippen molar-refractivity contribution in [3.8, 4) is 11.5 Å². The molecule has 0 amide bonds. The van der Waals surface area contributed by atoms with Crippen LogP contribution < -0.4 is 9.47 Å². The summed E-state index contributed by atoms with van der Waals surface area (Å²) in [6, 6.07) is 7.77. The second kappa shape index (κ2) is 9.38. The zero-order valence-corrected chi connectivity index (χ0v) is 10.2. The molecule has 86 valence electrons. The molecule has 0 saturated heterocycles. The van der Waals surface area contributed by atoms with Crippen LogP contribution in [0.2, 0.25) is 0 Å². The monoisotopic (exact) mass is 210 g/mol. The standard InChI is InChI=1S/C9H10O2.2C2H6/c1-2-5-9-8(4-1)10-6-3-7-11-9;2*1-2/h1-2,4-5H,3,6-7H2;2*1-2H3. The third-order valence-corrected chi connectivity index (χ3v) is 1.65. The molecule has 2 nitrogen and oxygen atoms in total. The van der Waals surface area contributed by atoms with E-state index < -0.39 is 0 Å². The topological polar surface area (TPSA) is 18.5 Å². The van der Waals surface area contributed by atoms with Crippen LogP contribution in [0, 0.1) is 0 Å². The van der Waals surface area contributed by atoms with Gasteiger partial charge < -0.3 is 9.47 Å². The fraction of sp³-hybridized carbons (Fsp3) is 0.538. The van der Waals surface area contributed by atoms with Crippen LogP contribution >= 0.6 is 0 Å². The predicted octanol–water partition coefficient (Wildman–Crippen LogP) is 3.90. The van der Waals surface area contributed by atoms with Gasteiger partial charge in [0.25, 0.3) is 0 Å². The van der Waals surface area contributed by atoms with E-state index in [2.05, 4.69) is 0 Å². The van der Waals surface area contributed by atoms with Gasteiger partial charge in [-0.2, -0.15) is 0 Å². The summed E-state index contributed by atoms with van der Waals surface area (Å²) in [4.78, 5) is 0. The highest BCUT2D eigenvalue weighted by molar-refractivity contribution is 5.39. The minimum atomic E-state index is 0.761. The Kier molecular flexibility index (Phi) is 8.64. The van der Waals surface area contributed by atoms with E-state index in [0.29, 0.717) is 0 Å². The van der Waals surface area contributed by atoms with Crippen molar-refractivity contribution in [3.63, 3.8) is 0 Å². The second-order valence-corrected chi connectivity index (χ2v) is 2.50. The van der Waals surface area contributed by atoms with Gasteiger partial charge in [-0.25, -0.2) is 0 Å². The quantitative estimate of drug-likeness (QED) is 0.646. The Morgan fingerprint density at radius 3 is 1.60 bits per heavy atom. The van der Waals surface area contributed by atoms with Crippen LogP contribution in [0.15, 0.2) is 24.3 Å². The molecular formula is C13H22O2. The molecule has 2 rings (SSSR count). The molecule has 1 heterocycles. The van der Waals surface area contributed by atoms with Crippen molar-refractivity contribution in [3.05, 3.63) is 24.3 Å². The van der Waals surface area contributed by atoms with Crippen LogP contribution in [0.1, 0.15) is 34.1 Å². The molecule has 1 aromatic carbocycles. The number of ether oxygens (including phenoxy) is 2. The van der Waals surface area contributed by atoms with Gasteiger partial charge in [0, 0.05) is 6.42 Å². The van der Waals surface area contributed by atoms with E-state index in [0.717, 1.165) is 31.1 Å². The summed E-state index contributed by atoms with van der Waals surface area (Å²) in [6.07, 6.45) is 0.967. The Morgan fingerprint density at radius 2 is 1.20 bits per heavy atom. The Morgan fingerprint density at radius 1 is 0.800 bits per heavy atom. The summed E-state index contributed by atoms with van der Waals surface area (Å²) in [5.74, 6) is 1.73. The highest BCUT2D eigenvalue weighted by atomic mass is 16.5. The number of hydrogen-bond donors (Lipinski definition) is 0. The van der Waals surface area contributed by atoms with E-state index in [-0.39, 0.29) is 0 Å². The number of benzene rings is 1. The molecule has 0 spiro atoms. The summed E-state index contributed by atoms with van der Waals surface area (Å²) in [5.41, 5.74) is 0. The Balaban J connectivity index is 0.000000442. The van der Waals surface area contributed by atoms with Crippen molar-refractivity contribution in [2.75, 3.05) is 13.2 Å². The average Bonchev–Trinajstić information content (AvgIpc) is 2.59. The Labute approximate surface area is 93.2 Å². The minimum Gasteiger partial charge on any atom is -0.490 e. The van der Waals surface area contributed by atoms with Gasteiger partial charge in [0.2, 0.25) is 0 Å². The van der Waals surface area contributed by atoms with Crippen LogP contribution in [0.4, 0.5) is 0 Å². The molecule has 2 heteroatoms. The van der Waals surface area contributed by atoms with Gasteiger partial charge in [-0.1, -0.05) is 39.8 Å². The molecule has 0 unspecified atom stereocenters. The first-order valence-corrected chi connectivity index (χ1v) is 5.81. The number of hydrogen-bond acceptors (Lipinski definition) is 2. The van der Waals surface area contributed by atoms with Crippen LogP contribution in [0.3, 0.4) is 0 Å². The molecule has 0 radical (unpaired) electrons. The number of para-hydroxylation sites is 2. The fourth-order valence-corrected chi connectivity index (χ4v) is 1.11. The number of rotatable bonds is 0. The zero-order valence-electron chi connectivity index (χ0n) is 10.2. The molecule has 1 aromatic rings. The van der Waals surface area contributed by atoms with Crippen molar-refractivity contribution >= 4 is 0 Å². The maximum absolute atomic E-state index is 5.42. The van der Waals surface area contributed by atoms with E-state index in [1.165, 1.54) is 0 Å². The molecule has 0 bridgehead atoms. The van der Waals surface area contributed by atoms with Gasteiger partial charge in [-0.15, -0.1) is 0 Å². The molecule has 0 fully saturated rings. The Hall–Kier alpha value is -1.18. The van der Waals surface area contributed by atoms with Crippen molar-refractivity contribution < 1.29 is 9.47 Å². The van der Waals surface area contributed by atoms with Gasteiger partial charge in [0.1, 0.15) is 0 Å². The van der Waals surface area contributed by atoms with E-state index in [1.807, 2.05) is 52.0 Å². The lowest BCUT2D eigenvalue weighted by Gasteiger charge is -2.04. The molecule has 0 aromatic heterocycles. The second-order valence-electron chi connectivity index (χ2n) is 2.50. The van der Waals surface area contributed by atoms with Gasteiger partial charge in [0.15, 0.2) is 11.5 Å². The van der Waals surface area contributed by atoms with Crippen molar-refractivity contribution in [1.29, 1.82) is 0 Å². The first-order chi connectivity index (χ1) is 7.47. The summed E-state index contributed by atoms with van der Waals surface area (Å²) in [5, 5.41) is 0. The number of fused-ring (bicyclic) bond motifs is 1. The minimum absolute atomic E-state index is 0.761. The summed E-state index contributed by atoms with van der Waals surface area (Å²) < 4.78 is 10.8. The van der Waals surface area contributed by atoms with E-state index in [4.69, 9.17) is 9.47 Å². The highest BCUT2D eigenvalue weighted by Crippen LogP contribution is 2.27. The van der Waals surface area contributed by atoms with Crippen LogP contribution in [-0.4, -0.2) is 13.2 Å². The first kappa shape index (κ1) is 13.8. The van der Waals surface area contributed by atoms with Gasteiger partial charge in [-0.05, 0) is 12.1 Å². The molecule has 1 aliphatic heterocycles. The lowest BCUT2D eigenvalue weighted by molar-refractivity contribution is 0.297. The van der Waals surface area contributed by atoms with Crippen LogP contribution in [0.25, 0.3) is 0 Å².